The highest BCUT2D eigenvalue weighted by atomic mass is 16.5. The molecule has 0 unspecified atom stereocenters. The smallest absolute Gasteiger partial charge is 0.341 e. The predicted molar refractivity (Wildman–Crippen MR) is 91.7 cm³/mol. The van der Waals surface area contributed by atoms with E-state index in [0.29, 0.717) is 23.6 Å². The minimum Gasteiger partial charge on any atom is -0.465 e. The molecule has 0 saturated heterocycles. The normalized spacial score (nSPS) is 11.4. The Hall–Kier alpha value is -1.98. The van der Waals surface area contributed by atoms with Crippen LogP contribution in [0.15, 0.2) is 15.5 Å². The number of aryl methyl sites for hydroxylation is 1. The average Bonchev–Trinajstić information content (AvgIpc) is 2.92. The maximum Gasteiger partial charge on any atom is 0.341 e. The van der Waals surface area contributed by atoms with Crippen LogP contribution in [-0.2, 0) is 11.3 Å². The number of rotatable bonds is 9. The first-order valence-corrected chi connectivity index (χ1v) is 8.32. The SMILES string of the molecule is CCCCCCNC(=NCc1cc(C(=O)OC)c(C)o1)NCC. The number of unbranched alkanes of at least 4 members (excludes halogenated alkanes) is 3. The molecule has 6 nitrogen and oxygen atoms in total. The highest BCUT2D eigenvalue weighted by molar-refractivity contribution is 5.90. The van der Waals surface area contributed by atoms with Crippen LogP contribution < -0.4 is 10.6 Å². The first-order valence-electron chi connectivity index (χ1n) is 8.32. The fourth-order valence-corrected chi connectivity index (χ4v) is 2.19. The molecule has 23 heavy (non-hydrogen) atoms. The monoisotopic (exact) mass is 323 g/mol. The number of nitrogens with zero attached hydrogens (tertiary/aromatic N) is 1. The van der Waals surface area contributed by atoms with E-state index in [1.165, 1.54) is 26.4 Å². The number of ether oxygens (including phenoxy) is 1. The van der Waals surface area contributed by atoms with Crippen LogP contribution >= 0.6 is 0 Å². The average molecular weight is 323 g/mol. The third-order valence-electron chi connectivity index (χ3n) is 3.43. The van der Waals surface area contributed by atoms with Gasteiger partial charge in [-0.15, -0.1) is 0 Å². The van der Waals surface area contributed by atoms with Gasteiger partial charge in [0.15, 0.2) is 5.96 Å². The van der Waals surface area contributed by atoms with Crippen LogP contribution in [0, 0.1) is 6.92 Å². The van der Waals surface area contributed by atoms with Crippen molar-refractivity contribution in [3.8, 4) is 0 Å². The molecule has 0 radical (unpaired) electrons. The number of esters is 1. The molecule has 6 heteroatoms. The van der Waals surface area contributed by atoms with E-state index in [1.54, 1.807) is 13.0 Å². The molecule has 0 atom stereocenters. The lowest BCUT2D eigenvalue weighted by Crippen LogP contribution is -2.37. The Balaban J connectivity index is 2.57. The van der Waals surface area contributed by atoms with Crippen molar-refractivity contribution in [1.82, 2.24) is 10.6 Å². The van der Waals surface area contributed by atoms with Gasteiger partial charge in [-0.05, 0) is 26.3 Å². The molecule has 0 spiro atoms. The summed E-state index contributed by atoms with van der Waals surface area (Å²) >= 11 is 0. The molecule has 1 aromatic rings. The number of nitrogens with one attached hydrogen (secondary N) is 2. The molecule has 0 amide bonds. The summed E-state index contributed by atoms with van der Waals surface area (Å²) in [5, 5.41) is 6.52. The number of hydrogen-bond acceptors (Lipinski definition) is 4. The Morgan fingerprint density at radius 2 is 2.04 bits per heavy atom. The van der Waals surface area contributed by atoms with E-state index in [0.717, 1.165) is 25.5 Å². The zero-order valence-electron chi connectivity index (χ0n) is 14.7. The van der Waals surface area contributed by atoms with Crippen LogP contribution in [0.4, 0.5) is 0 Å². The second kappa shape index (κ2) is 10.7. The second-order valence-electron chi connectivity index (χ2n) is 5.36. The molecule has 130 valence electrons. The standard InChI is InChI=1S/C17H29N3O3/c1-5-7-8-9-10-19-17(18-6-2)20-12-14-11-15(13(3)23-14)16(21)22-4/h11H,5-10,12H2,1-4H3,(H2,18,19,20). The molecule has 1 rings (SSSR count). The number of guanidine groups is 1. The molecule has 1 heterocycles. The molecule has 0 fully saturated rings. The van der Waals surface area contributed by atoms with Crippen LogP contribution in [0.2, 0.25) is 0 Å². The summed E-state index contributed by atoms with van der Waals surface area (Å²) < 4.78 is 10.3. The summed E-state index contributed by atoms with van der Waals surface area (Å²) in [6.07, 6.45) is 4.85. The number of methoxy groups -OCH3 is 1. The van der Waals surface area contributed by atoms with Crippen molar-refractivity contribution >= 4 is 11.9 Å². The molecule has 0 saturated carbocycles. The van der Waals surface area contributed by atoms with Gasteiger partial charge in [-0.3, -0.25) is 0 Å². The van der Waals surface area contributed by atoms with Gasteiger partial charge in [0.1, 0.15) is 23.6 Å². The molecule has 0 aliphatic heterocycles. The fraction of sp³-hybridized carbons (Fsp3) is 0.647. The third-order valence-corrected chi connectivity index (χ3v) is 3.43. The van der Waals surface area contributed by atoms with Crippen LogP contribution in [0.5, 0.6) is 0 Å². The molecule has 0 aliphatic rings. The summed E-state index contributed by atoms with van der Waals surface area (Å²) in [6.45, 7) is 8.05. The molecule has 1 aromatic heterocycles. The second-order valence-corrected chi connectivity index (χ2v) is 5.36. The molecule has 0 aliphatic carbocycles. The maximum atomic E-state index is 11.6. The Kier molecular flexibility index (Phi) is 8.87. The van der Waals surface area contributed by atoms with Gasteiger partial charge in [0.05, 0.1) is 7.11 Å². The van der Waals surface area contributed by atoms with Crippen molar-refractivity contribution in [1.29, 1.82) is 0 Å². The fourth-order valence-electron chi connectivity index (χ4n) is 2.19. The quantitative estimate of drug-likeness (QED) is 0.316. The zero-order chi connectivity index (χ0) is 17.1. The first-order chi connectivity index (χ1) is 11.1. The highest BCUT2D eigenvalue weighted by Gasteiger charge is 2.15. The molecule has 0 bridgehead atoms. The molecular formula is C17H29N3O3. The van der Waals surface area contributed by atoms with Gasteiger partial charge in [-0.2, -0.15) is 0 Å². The Morgan fingerprint density at radius 3 is 2.70 bits per heavy atom. The summed E-state index contributed by atoms with van der Waals surface area (Å²) in [4.78, 5) is 16.1. The summed E-state index contributed by atoms with van der Waals surface area (Å²) in [6, 6.07) is 1.69. The summed E-state index contributed by atoms with van der Waals surface area (Å²) in [7, 11) is 1.36. The minimum absolute atomic E-state index is 0.377. The van der Waals surface area contributed by atoms with Crippen molar-refractivity contribution in [2.24, 2.45) is 4.99 Å². The van der Waals surface area contributed by atoms with E-state index < -0.39 is 0 Å². The lowest BCUT2D eigenvalue weighted by molar-refractivity contribution is 0.0599. The number of furan rings is 1. The van der Waals surface area contributed by atoms with Crippen molar-refractivity contribution in [3.05, 3.63) is 23.2 Å². The number of aliphatic imine (C=N–C) groups is 1. The first kappa shape index (κ1) is 19.1. The summed E-state index contributed by atoms with van der Waals surface area (Å²) in [5.41, 5.74) is 0.454. The van der Waals surface area contributed by atoms with Gasteiger partial charge in [0.2, 0.25) is 0 Å². The van der Waals surface area contributed by atoms with E-state index in [2.05, 4.69) is 22.5 Å². The Bertz CT molecular complexity index is 509. The van der Waals surface area contributed by atoms with Crippen LogP contribution in [-0.4, -0.2) is 32.1 Å². The van der Waals surface area contributed by atoms with E-state index in [-0.39, 0.29) is 5.97 Å². The number of carbonyl (C=O) groups excluding carboxylic acids is 1. The van der Waals surface area contributed by atoms with Gasteiger partial charge in [-0.1, -0.05) is 26.2 Å². The van der Waals surface area contributed by atoms with Gasteiger partial charge < -0.3 is 19.8 Å². The number of hydrogen-bond donors (Lipinski definition) is 2. The van der Waals surface area contributed by atoms with Crippen LogP contribution in [0.25, 0.3) is 0 Å². The lowest BCUT2D eigenvalue weighted by atomic mass is 10.2. The largest absolute Gasteiger partial charge is 0.465 e. The van der Waals surface area contributed by atoms with Crippen LogP contribution in [0.1, 0.15) is 61.4 Å². The molecule has 2 N–H and O–H groups in total. The highest BCUT2D eigenvalue weighted by Crippen LogP contribution is 2.16. The third kappa shape index (κ3) is 6.76. The van der Waals surface area contributed by atoms with Crippen molar-refractivity contribution < 1.29 is 13.9 Å². The lowest BCUT2D eigenvalue weighted by Gasteiger charge is -2.10. The maximum absolute atomic E-state index is 11.6. The van der Waals surface area contributed by atoms with E-state index in [4.69, 9.17) is 9.15 Å². The number of carbonyl (C=O) groups is 1. The van der Waals surface area contributed by atoms with E-state index in [1.807, 2.05) is 6.92 Å². The van der Waals surface area contributed by atoms with Gasteiger partial charge in [0, 0.05) is 13.1 Å². The van der Waals surface area contributed by atoms with Gasteiger partial charge >= 0.3 is 5.97 Å². The summed E-state index contributed by atoms with van der Waals surface area (Å²) in [5.74, 6) is 1.57. The van der Waals surface area contributed by atoms with Crippen molar-refractivity contribution in [2.75, 3.05) is 20.2 Å². The van der Waals surface area contributed by atoms with Crippen molar-refractivity contribution in [2.45, 2.75) is 53.0 Å². The zero-order valence-corrected chi connectivity index (χ0v) is 14.7. The molecular weight excluding hydrogens is 294 g/mol. The van der Waals surface area contributed by atoms with Gasteiger partial charge in [0.25, 0.3) is 0 Å². The van der Waals surface area contributed by atoms with E-state index >= 15 is 0 Å². The Morgan fingerprint density at radius 1 is 1.26 bits per heavy atom. The van der Waals surface area contributed by atoms with Crippen LogP contribution in [0.3, 0.4) is 0 Å². The topological polar surface area (TPSA) is 75.9 Å². The predicted octanol–water partition coefficient (Wildman–Crippen LogP) is 3.01. The van der Waals surface area contributed by atoms with Crippen molar-refractivity contribution in [3.63, 3.8) is 0 Å². The minimum atomic E-state index is -0.387. The molecule has 0 aromatic carbocycles. The van der Waals surface area contributed by atoms with E-state index in [9.17, 15) is 4.79 Å². The van der Waals surface area contributed by atoms with Gasteiger partial charge in [-0.25, -0.2) is 9.79 Å². The Labute approximate surface area is 138 Å².